The molecule has 0 aromatic heterocycles. The van der Waals surface area contributed by atoms with Crippen LogP contribution >= 0.6 is 15.9 Å². The number of benzene rings is 4. The summed E-state index contributed by atoms with van der Waals surface area (Å²) < 4.78 is 43.4. The van der Waals surface area contributed by atoms with E-state index in [1.54, 1.807) is 12.1 Å². The third kappa shape index (κ3) is 7.63. The van der Waals surface area contributed by atoms with Crippen molar-refractivity contribution in [2.45, 2.75) is 30.8 Å². The number of carbonyl (C=O) groups is 2. The molecule has 10 heteroatoms. The number of anilines is 1. The summed E-state index contributed by atoms with van der Waals surface area (Å²) >= 11 is 3.46. The first-order chi connectivity index (χ1) is 20.1. The number of nitrogens with zero attached hydrogens (tertiary/aromatic N) is 2. The number of amides is 2. The molecule has 218 valence electrons. The Kier molecular flexibility index (Phi) is 10.1. The van der Waals surface area contributed by atoms with Crippen molar-refractivity contribution in [3.63, 3.8) is 0 Å². The van der Waals surface area contributed by atoms with Gasteiger partial charge in [0.2, 0.25) is 11.8 Å². The molecule has 0 saturated heterocycles. The zero-order valence-corrected chi connectivity index (χ0v) is 25.6. The van der Waals surface area contributed by atoms with Gasteiger partial charge in [0, 0.05) is 24.5 Å². The van der Waals surface area contributed by atoms with Crippen LogP contribution in [0.5, 0.6) is 0 Å². The molecule has 4 rings (SSSR count). The Hall–Kier alpha value is -4.02. The molecule has 0 bridgehead atoms. The van der Waals surface area contributed by atoms with Gasteiger partial charge in [-0.05, 0) is 66.6 Å². The normalized spacial score (nSPS) is 11.9. The molecule has 0 aliphatic heterocycles. The van der Waals surface area contributed by atoms with Crippen molar-refractivity contribution >= 4 is 43.5 Å². The van der Waals surface area contributed by atoms with E-state index in [4.69, 9.17) is 0 Å². The van der Waals surface area contributed by atoms with Gasteiger partial charge in [0.1, 0.15) is 18.4 Å². The highest BCUT2D eigenvalue weighted by atomic mass is 79.9. The summed E-state index contributed by atoms with van der Waals surface area (Å²) in [6, 6.07) is 26.8. The second-order valence-corrected chi connectivity index (χ2v) is 12.6. The molecule has 2 amide bonds. The second-order valence-electron chi connectivity index (χ2n) is 9.77. The number of rotatable bonds is 11. The summed E-state index contributed by atoms with van der Waals surface area (Å²) in [7, 11) is -2.75. The molecule has 42 heavy (non-hydrogen) atoms. The predicted octanol–water partition coefficient (Wildman–Crippen LogP) is 5.48. The molecule has 0 spiro atoms. The van der Waals surface area contributed by atoms with Crippen molar-refractivity contribution in [1.29, 1.82) is 0 Å². The molecular formula is C32H31BrFN3O4S. The lowest BCUT2D eigenvalue weighted by molar-refractivity contribution is -0.139. The van der Waals surface area contributed by atoms with Crippen molar-refractivity contribution in [3.8, 4) is 0 Å². The fourth-order valence-corrected chi connectivity index (χ4v) is 6.39. The van der Waals surface area contributed by atoms with E-state index in [-0.39, 0.29) is 23.5 Å². The van der Waals surface area contributed by atoms with Gasteiger partial charge in [-0.2, -0.15) is 0 Å². The fraction of sp³-hybridized carbons (Fsp3) is 0.188. The van der Waals surface area contributed by atoms with Crippen LogP contribution in [0, 0.1) is 12.7 Å². The Morgan fingerprint density at radius 1 is 0.881 bits per heavy atom. The summed E-state index contributed by atoms with van der Waals surface area (Å²) in [6.07, 6.45) is 0.210. The van der Waals surface area contributed by atoms with Gasteiger partial charge < -0.3 is 10.2 Å². The average Bonchev–Trinajstić information content (AvgIpc) is 2.98. The minimum Gasteiger partial charge on any atom is -0.357 e. The molecule has 7 nitrogen and oxygen atoms in total. The Morgan fingerprint density at radius 3 is 2.14 bits per heavy atom. The standard InChI is InChI=1S/C32H31BrFN3O4S/c1-23-11-17-29(18-12-23)42(40,41)37(28-15-13-27(34)14-16-28)22-31(38)36(21-25-9-6-10-26(33)19-25)30(32(39)35-2)20-24-7-4-3-5-8-24/h3-19,30H,20-22H2,1-2H3,(H,35,39). The number of carbonyl (C=O) groups excluding carboxylic acids is 2. The maximum absolute atomic E-state index is 14.2. The molecule has 1 atom stereocenters. The second kappa shape index (κ2) is 13.8. The summed E-state index contributed by atoms with van der Waals surface area (Å²) in [5.74, 6) is -1.53. The summed E-state index contributed by atoms with van der Waals surface area (Å²) in [6.45, 7) is 1.27. The highest BCUT2D eigenvalue weighted by Gasteiger charge is 2.34. The number of sulfonamides is 1. The lowest BCUT2D eigenvalue weighted by Gasteiger charge is -2.33. The number of hydrogen-bond acceptors (Lipinski definition) is 4. The topological polar surface area (TPSA) is 86.8 Å². The summed E-state index contributed by atoms with van der Waals surface area (Å²) in [5.41, 5.74) is 2.57. The van der Waals surface area contributed by atoms with Crippen molar-refractivity contribution in [3.05, 3.63) is 130 Å². The molecule has 0 radical (unpaired) electrons. The third-order valence-corrected chi connectivity index (χ3v) is 9.04. The predicted molar refractivity (Wildman–Crippen MR) is 165 cm³/mol. The first kappa shape index (κ1) is 30.9. The van der Waals surface area contributed by atoms with E-state index in [0.717, 1.165) is 37.6 Å². The molecular weight excluding hydrogens is 621 g/mol. The van der Waals surface area contributed by atoms with Crippen LogP contribution < -0.4 is 9.62 Å². The van der Waals surface area contributed by atoms with Crippen molar-refractivity contribution < 1.29 is 22.4 Å². The van der Waals surface area contributed by atoms with E-state index >= 15 is 0 Å². The van der Waals surface area contributed by atoms with Gasteiger partial charge in [-0.1, -0.05) is 76.1 Å². The van der Waals surface area contributed by atoms with Crippen LogP contribution in [0.2, 0.25) is 0 Å². The van der Waals surface area contributed by atoms with E-state index in [0.29, 0.717) is 0 Å². The van der Waals surface area contributed by atoms with Crippen LogP contribution in [0.4, 0.5) is 10.1 Å². The van der Waals surface area contributed by atoms with Crippen molar-refractivity contribution in [1.82, 2.24) is 10.2 Å². The molecule has 0 fully saturated rings. The van der Waals surface area contributed by atoms with Gasteiger partial charge in [-0.15, -0.1) is 0 Å². The SMILES string of the molecule is CNC(=O)C(Cc1ccccc1)N(Cc1cccc(Br)c1)C(=O)CN(c1ccc(F)cc1)S(=O)(=O)c1ccc(C)cc1. The first-order valence-electron chi connectivity index (χ1n) is 13.2. The molecule has 1 N–H and O–H groups in total. The molecule has 1 unspecified atom stereocenters. The quantitative estimate of drug-likeness (QED) is 0.233. The van der Waals surface area contributed by atoms with Crippen LogP contribution in [0.25, 0.3) is 0 Å². The zero-order valence-electron chi connectivity index (χ0n) is 23.2. The van der Waals surface area contributed by atoms with E-state index in [1.807, 2.05) is 61.5 Å². The average molecular weight is 653 g/mol. The van der Waals surface area contributed by atoms with Crippen LogP contribution in [0.3, 0.4) is 0 Å². The monoisotopic (exact) mass is 651 g/mol. The molecule has 4 aromatic rings. The Morgan fingerprint density at radius 2 is 1.52 bits per heavy atom. The van der Waals surface area contributed by atoms with Crippen LogP contribution in [0.1, 0.15) is 16.7 Å². The van der Waals surface area contributed by atoms with Crippen LogP contribution in [-0.4, -0.2) is 44.8 Å². The minimum atomic E-state index is -4.25. The van der Waals surface area contributed by atoms with Gasteiger partial charge in [0.15, 0.2) is 0 Å². The highest BCUT2D eigenvalue weighted by Crippen LogP contribution is 2.26. The Labute approximate surface area is 254 Å². The molecule has 0 saturated carbocycles. The van der Waals surface area contributed by atoms with Gasteiger partial charge in [-0.3, -0.25) is 13.9 Å². The van der Waals surface area contributed by atoms with E-state index in [9.17, 15) is 22.4 Å². The summed E-state index contributed by atoms with van der Waals surface area (Å²) in [4.78, 5) is 28.9. The van der Waals surface area contributed by atoms with Gasteiger partial charge >= 0.3 is 0 Å². The lowest BCUT2D eigenvalue weighted by atomic mass is 10.0. The van der Waals surface area contributed by atoms with E-state index in [2.05, 4.69) is 21.2 Å². The largest absolute Gasteiger partial charge is 0.357 e. The van der Waals surface area contributed by atoms with Gasteiger partial charge in [-0.25, -0.2) is 12.8 Å². The number of aryl methyl sites for hydroxylation is 1. The third-order valence-electron chi connectivity index (χ3n) is 6.76. The number of halogens is 2. The Bertz CT molecular complexity index is 1630. The van der Waals surface area contributed by atoms with Crippen LogP contribution in [0.15, 0.2) is 112 Å². The number of likely N-dealkylation sites (N-methyl/N-ethyl adjacent to an activating group) is 1. The minimum absolute atomic E-state index is 0.0177. The van der Waals surface area contributed by atoms with Crippen molar-refractivity contribution in [2.24, 2.45) is 0 Å². The number of nitrogens with one attached hydrogen (secondary N) is 1. The maximum Gasteiger partial charge on any atom is 0.264 e. The first-order valence-corrected chi connectivity index (χ1v) is 15.5. The lowest BCUT2D eigenvalue weighted by Crippen LogP contribution is -2.53. The van der Waals surface area contributed by atoms with E-state index < -0.39 is 40.2 Å². The molecule has 0 heterocycles. The zero-order chi connectivity index (χ0) is 30.3. The molecule has 0 aliphatic rings. The smallest absolute Gasteiger partial charge is 0.264 e. The van der Waals surface area contributed by atoms with E-state index in [1.165, 1.54) is 36.2 Å². The number of hydrogen-bond donors (Lipinski definition) is 1. The Balaban J connectivity index is 1.78. The molecule has 4 aromatic carbocycles. The fourth-order valence-electron chi connectivity index (χ4n) is 4.53. The maximum atomic E-state index is 14.2. The van der Waals surface area contributed by atoms with Gasteiger partial charge in [0.25, 0.3) is 10.0 Å². The summed E-state index contributed by atoms with van der Waals surface area (Å²) in [5, 5.41) is 2.65. The highest BCUT2D eigenvalue weighted by molar-refractivity contribution is 9.10. The van der Waals surface area contributed by atoms with Gasteiger partial charge in [0.05, 0.1) is 10.6 Å². The molecule has 0 aliphatic carbocycles. The van der Waals surface area contributed by atoms with Crippen molar-refractivity contribution in [2.75, 3.05) is 17.9 Å². The van der Waals surface area contributed by atoms with Crippen LogP contribution in [-0.2, 0) is 32.6 Å².